The van der Waals surface area contributed by atoms with Crippen molar-refractivity contribution in [1.29, 1.82) is 0 Å². The van der Waals surface area contributed by atoms with E-state index in [0.29, 0.717) is 12.2 Å². The average Bonchev–Trinajstić information content (AvgIpc) is 3.23. The van der Waals surface area contributed by atoms with E-state index in [2.05, 4.69) is 16.5 Å². The quantitative estimate of drug-likeness (QED) is 0.606. The second-order valence-corrected chi connectivity index (χ2v) is 7.01. The molecule has 0 amide bonds. The van der Waals surface area contributed by atoms with E-state index in [-0.39, 0.29) is 0 Å². The molecule has 0 aliphatic carbocycles. The molecule has 0 radical (unpaired) electrons. The Morgan fingerprint density at radius 1 is 1.31 bits per heavy atom. The summed E-state index contributed by atoms with van der Waals surface area (Å²) in [5, 5.41) is 12.3. The van der Waals surface area contributed by atoms with Gasteiger partial charge >= 0.3 is 5.97 Å². The normalized spacial score (nSPS) is 10.8. The number of carboxylic acid groups (broad SMARTS) is 1. The summed E-state index contributed by atoms with van der Waals surface area (Å²) in [6, 6.07) is 11.4. The standard InChI is InChI=1S/C20H22N2O3S/c1-3-4-10-22-14(2)16(20(23)24)11-18(22)17-13-26-19(21-17)12-25-15-8-6-5-7-9-15/h5-9,11,13H,3-4,10,12H2,1-2H3,(H,23,24). The highest BCUT2D eigenvalue weighted by Crippen LogP contribution is 2.28. The largest absolute Gasteiger partial charge is 0.486 e. The van der Waals surface area contributed by atoms with Gasteiger partial charge in [-0.05, 0) is 31.5 Å². The number of carbonyl (C=O) groups is 1. The summed E-state index contributed by atoms with van der Waals surface area (Å²) in [4.78, 5) is 16.2. The first-order chi connectivity index (χ1) is 12.6. The first kappa shape index (κ1) is 18.2. The number of aromatic carboxylic acids is 1. The maximum absolute atomic E-state index is 11.5. The molecule has 26 heavy (non-hydrogen) atoms. The molecule has 3 aromatic rings. The van der Waals surface area contributed by atoms with Crippen LogP contribution in [0.25, 0.3) is 11.4 Å². The Morgan fingerprint density at radius 2 is 2.08 bits per heavy atom. The van der Waals surface area contributed by atoms with Gasteiger partial charge in [-0.1, -0.05) is 31.5 Å². The van der Waals surface area contributed by atoms with Crippen LogP contribution in [-0.2, 0) is 13.2 Å². The van der Waals surface area contributed by atoms with Crippen LogP contribution >= 0.6 is 11.3 Å². The fourth-order valence-corrected chi connectivity index (χ4v) is 3.53. The van der Waals surface area contributed by atoms with Crippen molar-refractivity contribution in [3.63, 3.8) is 0 Å². The molecule has 0 aliphatic heterocycles. The highest BCUT2D eigenvalue weighted by Gasteiger charge is 2.19. The van der Waals surface area contributed by atoms with E-state index in [0.717, 1.165) is 47.2 Å². The van der Waals surface area contributed by atoms with Gasteiger partial charge in [-0.25, -0.2) is 9.78 Å². The minimum atomic E-state index is -0.901. The number of rotatable bonds is 8. The SMILES string of the molecule is CCCCn1c(-c2csc(COc3ccccc3)n2)cc(C(=O)O)c1C. The molecule has 0 bridgehead atoms. The molecule has 0 saturated heterocycles. The zero-order chi connectivity index (χ0) is 18.5. The number of hydrogen-bond acceptors (Lipinski definition) is 4. The number of hydrogen-bond donors (Lipinski definition) is 1. The maximum Gasteiger partial charge on any atom is 0.337 e. The Hall–Kier alpha value is -2.60. The summed E-state index contributed by atoms with van der Waals surface area (Å²) in [5.41, 5.74) is 2.77. The van der Waals surface area contributed by atoms with Crippen molar-refractivity contribution in [1.82, 2.24) is 9.55 Å². The fourth-order valence-electron chi connectivity index (χ4n) is 2.83. The summed E-state index contributed by atoms with van der Waals surface area (Å²) in [6.45, 7) is 5.17. The van der Waals surface area contributed by atoms with E-state index in [1.165, 1.54) is 11.3 Å². The van der Waals surface area contributed by atoms with Gasteiger partial charge in [0.1, 0.15) is 17.4 Å². The summed E-state index contributed by atoms with van der Waals surface area (Å²) < 4.78 is 7.81. The third-order valence-corrected chi connectivity index (χ3v) is 5.07. The Balaban J connectivity index is 1.83. The molecule has 6 heteroatoms. The predicted molar refractivity (Wildman–Crippen MR) is 103 cm³/mol. The van der Waals surface area contributed by atoms with Crippen LogP contribution in [0.4, 0.5) is 0 Å². The van der Waals surface area contributed by atoms with Crippen molar-refractivity contribution < 1.29 is 14.6 Å². The monoisotopic (exact) mass is 370 g/mol. The van der Waals surface area contributed by atoms with Crippen LogP contribution in [0.5, 0.6) is 5.75 Å². The van der Waals surface area contributed by atoms with Crippen molar-refractivity contribution in [2.75, 3.05) is 0 Å². The summed E-state index contributed by atoms with van der Waals surface area (Å²) in [6.07, 6.45) is 2.04. The van der Waals surface area contributed by atoms with Crippen molar-refractivity contribution >= 4 is 17.3 Å². The van der Waals surface area contributed by atoms with Crippen LogP contribution in [0.2, 0.25) is 0 Å². The number of unbranched alkanes of at least 4 members (excludes halogenated alkanes) is 1. The topological polar surface area (TPSA) is 64.4 Å². The van der Waals surface area contributed by atoms with Gasteiger partial charge in [0, 0.05) is 17.6 Å². The number of benzene rings is 1. The molecule has 0 aliphatic rings. The predicted octanol–water partition coefficient (Wildman–Crippen LogP) is 5.00. The highest BCUT2D eigenvalue weighted by molar-refractivity contribution is 7.09. The van der Waals surface area contributed by atoms with Crippen LogP contribution in [0, 0.1) is 6.92 Å². The molecular weight excluding hydrogens is 348 g/mol. The first-order valence-electron chi connectivity index (χ1n) is 8.66. The molecule has 0 saturated carbocycles. The van der Waals surface area contributed by atoms with Gasteiger partial charge in [0.05, 0.1) is 17.0 Å². The van der Waals surface area contributed by atoms with Crippen molar-refractivity contribution in [2.45, 2.75) is 39.8 Å². The van der Waals surface area contributed by atoms with E-state index in [1.54, 1.807) is 6.07 Å². The van der Waals surface area contributed by atoms with E-state index < -0.39 is 5.97 Å². The maximum atomic E-state index is 11.5. The molecule has 0 fully saturated rings. The van der Waals surface area contributed by atoms with Gasteiger partial charge in [-0.15, -0.1) is 11.3 Å². The van der Waals surface area contributed by atoms with E-state index in [1.807, 2.05) is 42.6 Å². The van der Waals surface area contributed by atoms with Gasteiger partial charge in [0.25, 0.3) is 0 Å². The third-order valence-electron chi connectivity index (χ3n) is 4.25. The molecule has 3 rings (SSSR count). The van der Waals surface area contributed by atoms with Crippen molar-refractivity contribution in [2.24, 2.45) is 0 Å². The lowest BCUT2D eigenvalue weighted by atomic mass is 10.2. The van der Waals surface area contributed by atoms with Crippen molar-refractivity contribution in [3.8, 4) is 17.1 Å². The summed E-state index contributed by atoms with van der Waals surface area (Å²) >= 11 is 1.52. The third kappa shape index (κ3) is 3.96. The second-order valence-electron chi connectivity index (χ2n) is 6.07. The molecule has 0 spiro atoms. The lowest BCUT2D eigenvalue weighted by Crippen LogP contribution is -2.05. The van der Waals surface area contributed by atoms with Gasteiger partial charge in [-0.2, -0.15) is 0 Å². The Bertz CT molecular complexity index is 884. The zero-order valence-electron chi connectivity index (χ0n) is 14.9. The molecule has 1 N–H and O–H groups in total. The molecular formula is C20H22N2O3S. The van der Waals surface area contributed by atoms with Gasteiger partial charge in [0.2, 0.25) is 0 Å². The number of nitrogens with zero attached hydrogens (tertiary/aromatic N) is 2. The Morgan fingerprint density at radius 3 is 2.77 bits per heavy atom. The number of para-hydroxylation sites is 1. The summed E-state index contributed by atoms with van der Waals surface area (Å²) in [7, 11) is 0. The fraction of sp³-hybridized carbons (Fsp3) is 0.300. The lowest BCUT2D eigenvalue weighted by Gasteiger charge is -2.09. The number of aromatic nitrogens is 2. The van der Waals surface area contributed by atoms with Crippen LogP contribution in [0.1, 0.15) is 40.8 Å². The molecule has 2 heterocycles. The second kappa shape index (κ2) is 8.19. The molecule has 1 aromatic carbocycles. The lowest BCUT2D eigenvalue weighted by molar-refractivity contribution is 0.0696. The van der Waals surface area contributed by atoms with Gasteiger partial charge in [0.15, 0.2) is 0 Å². The number of thiazole rings is 1. The van der Waals surface area contributed by atoms with E-state index >= 15 is 0 Å². The van der Waals surface area contributed by atoms with Crippen LogP contribution in [0.3, 0.4) is 0 Å². The van der Waals surface area contributed by atoms with E-state index in [9.17, 15) is 9.90 Å². The molecule has 0 atom stereocenters. The van der Waals surface area contributed by atoms with Crippen LogP contribution in [0.15, 0.2) is 41.8 Å². The number of carboxylic acids is 1. The minimum absolute atomic E-state index is 0.339. The summed E-state index contributed by atoms with van der Waals surface area (Å²) in [5.74, 6) is -0.0959. The van der Waals surface area contributed by atoms with Gasteiger partial charge < -0.3 is 14.4 Å². The minimum Gasteiger partial charge on any atom is -0.486 e. The van der Waals surface area contributed by atoms with Crippen molar-refractivity contribution in [3.05, 3.63) is 58.0 Å². The Kier molecular flexibility index (Phi) is 5.73. The van der Waals surface area contributed by atoms with Crippen LogP contribution in [-0.4, -0.2) is 20.6 Å². The van der Waals surface area contributed by atoms with E-state index in [4.69, 9.17) is 4.74 Å². The molecule has 136 valence electrons. The van der Waals surface area contributed by atoms with Crippen LogP contribution < -0.4 is 4.74 Å². The zero-order valence-corrected chi connectivity index (χ0v) is 15.8. The highest BCUT2D eigenvalue weighted by atomic mass is 32.1. The average molecular weight is 370 g/mol. The van der Waals surface area contributed by atoms with Gasteiger partial charge in [-0.3, -0.25) is 0 Å². The molecule has 0 unspecified atom stereocenters. The smallest absolute Gasteiger partial charge is 0.337 e. The molecule has 5 nitrogen and oxygen atoms in total. The first-order valence-corrected chi connectivity index (χ1v) is 9.54. The number of ether oxygens (including phenoxy) is 1. The molecule has 2 aromatic heterocycles. The Labute approximate surface area is 156 Å².